The van der Waals surface area contributed by atoms with Crippen molar-refractivity contribution in [3.8, 4) is 0 Å². The second-order valence-electron chi connectivity index (χ2n) is 11.5. The highest BCUT2D eigenvalue weighted by Gasteiger charge is 2.56. The molecule has 0 aliphatic carbocycles. The van der Waals surface area contributed by atoms with Crippen LogP contribution in [0.2, 0.25) is 0 Å². The van der Waals surface area contributed by atoms with Crippen molar-refractivity contribution < 1.29 is 18.8 Å². The molecule has 0 bridgehead atoms. The fourth-order valence-corrected chi connectivity index (χ4v) is 9.38. The number of thiazole rings is 1. The molecule has 0 unspecified atom stereocenters. The molecule has 3 atom stereocenters. The minimum atomic E-state index is -0.839. The van der Waals surface area contributed by atoms with Crippen molar-refractivity contribution in [3.63, 3.8) is 0 Å². The maximum Gasteiger partial charge on any atom is 0.308 e. The maximum atomic E-state index is 14.1. The Labute approximate surface area is 278 Å². The van der Waals surface area contributed by atoms with E-state index in [2.05, 4.69) is 24.1 Å². The first-order valence-electron chi connectivity index (χ1n) is 15.4. The monoisotopic (exact) mass is 666 g/mol. The summed E-state index contributed by atoms with van der Waals surface area (Å²) in [6, 6.07) is 26.5. The average molecular weight is 667 g/mol. The Morgan fingerprint density at radius 2 is 1.57 bits per heavy atom. The van der Waals surface area contributed by atoms with Gasteiger partial charge in [-0.1, -0.05) is 71.6 Å². The number of rotatable bonds is 8. The van der Waals surface area contributed by atoms with Gasteiger partial charge in [0.15, 0.2) is 0 Å². The topological polar surface area (TPSA) is 91.7 Å². The molecule has 1 N–H and O–H groups in total. The number of benzene rings is 4. The Morgan fingerprint density at radius 3 is 2.30 bits per heavy atom. The number of fused-ring (bicyclic) bond motifs is 3. The Kier molecular flexibility index (Phi) is 8.19. The number of hydrogen-bond acceptors (Lipinski definition) is 7. The number of halogens is 1. The van der Waals surface area contributed by atoms with Crippen LogP contribution in [0.5, 0.6) is 0 Å². The third kappa shape index (κ3) is 5.43. The van der Waals surface area contributed by atoms with Crippen LogP contribution >= 0.6 is 23.1 Å². The van der Waals surface area contributed by atoms with Gasteiger partial charge in [0.05, 0.1) is 16.6 Å². The molecule has 238 valence electrons. The number of carbonyl (C=O) groups excluding carboxylic acids is 3. The van der Waals surface area contributed by atoms with Gasteiger partial charge in [-0.3, -0.25) is 23.7 Å². The van der Waals surface area contributed by atoms with Crippen LogP contribution in [0.3, 0.4) is 0 Å². The van der Waals surface area contributed by atoms with E-state index in [0.717, 1.165) is 63.1 Å². The van der Waals surface area contributed by atoms with E-state index in [4.69, 9.17) is 0 Å². The van der Waals surface area contributed by atoms with Gasteiger partial charge < -0.3 is 10.2 Å². The number of thioether (sulfide) groups is 1. The third-order valence-corrected chi connectivity index (χ3v) is 11.5. The Balaban J connectivity index is 1.28. The predicted octanol–water partition coefficient (Wildman–Crippen LogP) is 6.48. The van der Waals surface area contributed by atoms with Crippen LogP contribution in [-0.4, -0.2) is 40.6 Å². The standard InChI is InChI=1S/C36H31FN4O4S2/c1-3-39(4-2)24-16-12-22(13-17-24)29-30-31(34(44)41(33(30)43)25-18-14-23(37)15-19-25)46-35-32(29)47-36(45)40(35)20-28(42)38-27-11-7-9-21-8-5-6-10-26(21)27/h5-19,29-31H,3-4,20H2,1-2H3,(H,38,42)/t29-,30-,31+/m0/s1. The molecule has 4 aromatic carbocycles. The Bertz CT molecular complexity index is 2070. The highest BCUT2D eigenvalue weighted by molar-refractivity contribution is 8.00. The van der Waals surface area contributed by atoms with Crippen molar-refractivity contribution in [3.05, 3.63) is 117 Å². The number of carbonyl (C=O) groups is 3. The second-order valence-corrected chi connectivity index (χ2v) is 13.6. The summed E-state index contributed by atoms with van der Waals surface area (Å²) in [5.41, 5.74) is 2.75. The summed E-state index contributed by atoms with van der Waals surface area (Å²) in [6.07, 6.45) is 0. The largest absolute Gasteiger partial charge is 0.372 e. The molecule has 47 heavy (non-hydrogen) atoms. The van der Waals surface area contributed by atoms with Gasteiger partial charge in [-0.05, 0) is 67.3 Å². The smallest absolute Gasteiger partial charge is 0.308 e. The number of nitrogens with one attached hydrogen (secondary N) is 1. The van der Waals surface area contributed by atoms with Crippen LogP contribution < -0.4 is 20.0 Å². The van der Waals surface area contributed by atoms with Gasteiger partial charge in [0.25, 0.3) is 0 Å². The van der Waals surface area contributed by atoms with E-state index < -0.39 is 34.7 Å². The van der Waals surface area contributed by atoms with Crippen molar-refractivity contribution in [2.75, 3.05) is 28.2 Å². The first-order chi connectivity index (χ1) is 22.8. The highest BCUT2D eigenvalue weighted by atomic mass is 32.2. The fraction of sp³-hybridized carbons (Fsp3) is 0.222. The molecular formula is C36H31FN4O4S2. The normalized spacial score (nSPS) is 18.7. The van der Waals surface area contributed by atoms with E-state index in [1.54, 1.807) is 0 Å². The Morgan fingerprint density at radius 1 is 0.872 bits per heavy atom. The number of nitrogens with zero attached hydrogens (tertiary/aromatic N) is 3. The molecule has 2 aliphatic heterocycles. The van der Waals surface area contributed by atoms with Gasteiger partial charge >= 0.3 is 4.87 Å². The number of amides is 3. The molecule has 11 heteroatoms. The molecule has 0 radical (unpaired) electrons. The zero-order valence-electron chi connectivity index (χ0n) is 25.7. The van der Waals surface area contributed by atoms with Crippen LogP contribution in [0.25, 0.3) is 10.8 Å². The van der Waals surface area contributed by atoms with Crippen molar-refractivity contribution in [1.29, 1.82) is 0 Å². The molecule has 1 fully saturated rings. The van der Waals surface area contributed by atoms with E-state index in [0.29, 0.717) is 21.3 Å². The van der Waals surface area contributed by atoms with Gasteiger partial charge in [-0.2, -0.15) is 0 Å². The van der Waals surface area contributed by atoms with E-state index in [1.807, 2.05) is 66.7 Å². The van der Waals surface area contributed by atoms with Crippen LogP contribution in [0.15, 0.2) is 101 Å². The molecular weight excluding hydrogens is 636 g/mol. The minimum Gasteiger partial charge on any atom is -0.372 e. The zero-order chi connectivity index (χ0) is 32.8. The summed E-state index contributed by atoms with van der Waals surface area (Å²) in [5.74, 6) is -3.07. The van der Waals surface area contributed by atoms with Gasteiger partial charge in [0, 0.05) is 40.6 Å². The zero-order valence-corrected chi connectivity index (χ0v) is 27.3. The summed E-state index contributed by atoms with van der Waals surface area (Å²) in [7, 11) is 0. The van der Waals surface area contributed by atoms with Crippen molar-refractivity contribution in [2.24, 2.45) is 5.92 Å². The van der Waals surface area contributed by atoms with Crippen molar-refractivity contribution in [1.82, 2.24) is 4.57 Å². The first-order valence-corrected chi connectivity index (χ1v) is 17.1. The molecule has 3 heterocycles. The average Bonchev–Trinajstić information content (AvgIpc) is 3.52. The SMILES string of the molecule is CCN(CC)c1ccc([C@@H]2c3sc(=O)n(CC(=O)Nc4cccc5ccccc45)c3S[C@H]3C(=O)N(c4ccc(F)cc4)C(=O)[C@@H]23)cc1. The number of imide groups is 1. The predicted molar refractivity (Wildman–Crippen MR) is 185 cm³/mol. The summed E-state index contributed by atoms with van der Waals surface area (Å²) >= 11 is 2.16. The maximum absolute atomic E-state index is 14.1. The lowest BCUT2D eigenvalue weighted by Crippen LogP contribution is -2.33. The number of hydrogen-bond donors (Lipinski definition) is 1. The van der Waals surface area contributed by atoms with Gasteiger partial charge in [-0.15, -0.1) is 0 Å². The highest BCUT2D eigenvalue weighted by Crippen LogP contribution is 2.54. The van der Waals surface area contributed by atoms with E-state index in [9.17, 15) is 23.6 Å². The lowest BCUT2D eigenvalue weighted by molar-refractivity contribution is -0.122. The summed E-state index contributed by atoms with van der Waals surface area (Å²) in [6.45, 7) is 5.56. The van der Waals surface area contributed by atoms with Crippen LogP contribution in [-0.2, 0) is 20.9 Å². The lowest BCUT2D eigenvalue weighted by Gasteiger charge is -2.31. The van der Waals surface area contributed by atoms with Gasteiger partial charge in [0.2, 0.25) is 17.7 Å². The van der Waals surface area contributed by atoms with Crippen LogP contribution in [0.4, 0.5) is 21.5 Å². The molecule has 3 amide bonds. The minimum absolute atomic E-state index is 0.254. The molecule has 5 aromatic rings. The molecule has 1 saturated heterocycles. The van der Waals surface area contributed by atoms with Crippen molar-refractivity contribution in [2.45, 2.75) is 36.6 Å². The van der Waals surface area contributed by atoms with Crippen molar-refractivity contribution >= 4 is 68.7 Å². The molecule has 1 aromatic heterocycles. The lowest BCUT2D eigenvalue weighted by atomic mass is 9.83. The fourth-order valence-electron chi connectivity index (χ4n) is 6.61. The van der Waals surface area contributed by atoms with Crippen LogP contribution in [0, 0.1) is 11.7 Å². The Hall–Kier alpha value is -4.74. The summed E-state index contributed by atoms with van der Waals surface area (Å²) in [4.78, 5) is 58.8. The van der Waals surface area contributed by atoms with E-state index >= 15 is 0 Å². The van der Waals surface area contributed by atoms with E-state index in [-0.39, 0.29) is 17.3 Å². The molecule has 0 spiro atoms. The van der Waals surface area contributed by atoms with Crippen LogP contribution in [0.1, 0.15) is 30.2 Å². The molecule has 0 saturated carbocycles. The van der Waals surface area contributed by atoms with Gasteiger partial charge in [-0.25, -0.2) is 9.29 Å². The summed E-state index contributed by atoms with van der Waals surface area (Å²) < 4.78 is 15.2. The second kappa shape index (κ2) is 12.5. The quantitative estimate of drug-likeness (QED) is 0.191. The van der Waals surface area contributed by atoms with E-state index in [1.165, 1.54) is 28.8 Å². The molecule has 8 nitrogen and oxygen atoms in total. The molecule has 7 rings (SSSR count). The summed E-state index contributed by atoms with van der Waals surface area (Å²) in [5, 5.41) is 4.48. The first kappa shape index (κ1) is 30.9. The molecule has 2 aliphatic rings. The van der Waals surface area contributed by atoms with Gasteiger partial charge in [0.1, 0.15) is 17.6 Å². The number of anilines is 3. The number of aromatic nitrogens is 1. The third-order valence-electron chi connectivity index (χ3n) is 8.88.